The Kier molecular flexibility index (Phi) is 10.3. The maximum absolute atomic E-state index is 14.1. The van der Waals surface area contributed by atoms with Crippen LogP contribution in [0.15, 0.2) is 24.3 Å². The molecule has 0 spiro atoms. The molecule has 0 bridgehead atoms. The van der Waals surface area contributed by atoms with Gasteiger partial charge in [-0.3, -0.25) is 19.2 Å². The van der Waals surface area contributed by atoms with E-state index in [-0.39, 0.29) is 24.8 Å². The van der Waals surface area contributed by atoms with Crippen molar-refractivity contribution >= 4 is 29.8 Å². The highest BCUT2D eigenvalue weighted by Gasteiger charge is 2.48. The molecule has 11 nitrogen and oxygen atoms in total. The van der Waals surface area contributed by atoms with E-state index in [1.165, 1.54) is 12.0 Å². The lowest BCUT2D eigenvalue weighted by atomic mass is 9.96. The van der Waals surface area contributed by atoms with Crippen molar-refractivity contribution in [1.82, 2.24) is 15.5 Å². The summed E-state index contributed by atoms with van der Waals surface area (Å²) >= 11 is 0. The van der Waals surface area contributed by atoms with E-state index in [2.05, 4.69) is 21.3 Å². The molecule has 4 amide bonds. The quantitative estimate of drug-likeness (QED) is 0.289. The first-order valence-electron chi connectivity index (χ1n) is 12.3. The van der Waals surface area contributed by atoms with Crippen molar-refractivity contribution in [1.29, 1.82) is 0 Å². The fourth-order valence-corrected chi connectivity index (χ4v) is 3.96. The van der Waals surface area contributed by atoms with Gasteiger partial charge in [0.2, 0.25) is 17.7 Å². The molecule has 2 rings (SSSR count). The number of carbonyl (C=O) groups excluding carboxylic acids is 5. The molecule has 11 heteroatoms. The number of benzene rings is 1. The first-order valence-corrected chi connectivity index (χ1v) is 12.3. The second kappa shape index (κ2) is 12.9. The van der Waals surface area contributed by atoms with Crippen LogP contribution in [0.4, 0.5) is 4.79 Å². The van der Waals surface area contributed by atoms with Crippen LogP contribution in [0, 0.1) is 18.3 Å². The Morgan fingerprint density at radius 3 is 2.37 bits per heavy atom. The van der Waals surface area contributed by atoms with Gasteiger partial charge in [-0.2, -0.15) is 0 Å². The Morgan fingerprint density at radius 2 is 1.84 bits per heavy atom. The number of alkyl carbamates (subject to hydrolysis) is 1. The Labute approximate surface area is 222 Å². The SMILES string of the molecule is C#Cc1ccccc1C(C(=O)NCC(=O)OC)N(C(=O)C(CCC(N)=O)NC(=O)OC(C)(C)C)C1CC1C. The zero-order valence-electron chi connectivity index (χ0n) is 22.4. The minimum Gasteiger partial charge on any atom is -0.468 e. The molecule has 1 aromatic carbocycles. The molecular formula is C27H36N4O7. The molecule has 1 aliphatic rings. The molecule has 0 radical (unpaired) electrons. The smallest absolute Gasteiger partial charge is 0.408 e. The lowest BCUT2D eigenvalue weighted by molar-refractivity contribution is -0.145. The van der Waals surface area contributed by atoms with Gasteiger partial charge in [0.15, 0.2) is 0 Å². The van der Waals surface area contributed by atoms with Crippen LogP contribution in [0.1, 0.15) is 64.1 Å². The van der Waals surface area contributed by atoms with E-state index in [0.29, 0.717) is 17.5 Å². The number of ether oxygens (including phenoxy) is 2. The van der Waals surface area contributed by atoms with Crippen molar-refractivity contribution in [3.63, 3.8) is 0 Å². The minimum atomic E-state index is -1.23. The summed E-state index contributed by atoms with van der Waals surface area (Å²) in [6, 6.07) is 3.83. The zero-order chi connectivity index (χ0) is 28.6. The van der Waals surface area contributed by atoms with Gasteiger partial charge in [0, 0.05) is 18.0 Å². The summed E-state index contributed by atoms with van der Waals surface area (Å²) in [4.78, 5) is 64.9. The van der Waals surface area contributed by atoms with E-state index >= 15 is 0 Å². The molecule has 1 aliphatic carbocycles. The summed E-state index contributed by atoms with van der Waals surface area (Å²) in [6.07, 6.45) is 5.14. The van der Waals surface area contributed by atoms with Crippen molar-refractivity contribution in [3.05, 3.63) is 35.4 Å². The van der Waals surface area contributed by atoms with Gasteiger partial charge in [0.05, 0.1) is 7.11 Å². The first-order chi connectivity index (χ1) is 17.8. The molecule has 1 saturated carbocycles. The normalized spacial score (nSPS) is 17.7. The van der Waals surface area contributed by atoms with Gasteiger partial charge in [0.25, 0.3) is 0 Å². The average Bonchev–Trinajstić information content (AvgIpc) is 3.57. The molecule has 4 atom stereocenters. The molecule has 206 valence electrons. The average molecular weight is 529 g/mol. The van der Waals surface area contributed by atoms with Crippen molar-refractivity contribution in [2.24, 2.45) is 11.7 Å². The Bertz CT molecular complexity index is 1110. The predicted octanol–water partition coefficient (Wildman–Crippen LogP) is 1.39. The van der Waals surface area contributed by atoms with Crippen LogP contribution in [-0.4, -0.2) is 66.0 Å². The third-order valence-corrected chi connectivity index (χ3v) is 5.92. The number of primary amides is 1. The number of methoxy groups -OCH3 is 1. The maximum Gasteiger partial charge on any atom is 0.408 e. The number of nitrogens with two attached hydrogens (primary N) is 1. The fraction of sp³-hybridized carbons (Fsp3) is 0.519. The van der Waals surface area contributed by atoms with E-state index < -0.39 is 54.0 Å². The third kappa shape index (κ3) is 8.50. The van der Waals surface area contributed by atoms with Crippen molar-refractivity contribution < 1.29 is 33.4 Å². The van der Waals surface area contributed by atoms with E-state index in [1.807, 2.05) is 6.92 Å². The molecule has 0 saturated heterocycles. The molecule has 0 heterocycles. The number of amides is 4. The number of terminal acetylenes is 1. The number of nitrogens with zero attached hydrogens (tertiary/aromatic N) is 1. The van der Waals surface area contributed by atoms with Gasteiger partial charge in [-0.25, -0.2) is 4.79 Å². The first kappa shape index (κ1) is 30.2. The Morgan fingerprint density at radius 1 is 1.21 bits per heavy atom. The van der Waals surface area contributed by atoms with Gasteiger partial charge in [-0.05, 0) is 51.2 Å². The highest BCUT2D eigenvalue weighted by atomic mass is 16.6. The molecule has 0 aliphatic heterocycles. The van der Waals surface area contributed by atoms with Crippen LogP contribution in [0.25, 0.3) is 0 Å². The number of rotatable bonds is 11. The number of hydrogen-bond acceptors (Lipinski definition) is 7. The molecule has 0 aromatic heterocycles. The minimum absolute atomic E-state index is 0.0474. The molecular weight excluding hydrogens is 492 g/mol. The predicted molar refractivity (Wildman–Crippen MR) is 138 cm³/mol. The number of carbonyl (C=O) groups is 5. The van der Waals surface area contributed by atoms with Crippen LogP contribution in [-0.2, 0) is 28.7 Å². The van der Waals surface area contributed by atoms with E-state index in [0.717, 1.165) is 0 Å². The lowest BCUT2D eigenvalue weighted by Gasteiger charge is -2.35. The van der Waals surface area contributed by atoms with Gasteiger partial charge in [-0.1, -0.05) is 31.0 Å². The van der Waals surface area contributed by atoms with E-state index in [9.17, 15) is 24.0 Å². The van der Waals surface area contributed by atoms with Crippen LogP contribution < -0.4 is 16.4 Å². The van der Waals surface area contributed by atoms with Crippen molar-refractivity contribution in [3.8, 4) is 12.3 Å². The molecule has 4 unspecified atom stereocenters. The van der Waals surface area contributed by atoms with Crippen LogP contribution >= 0.6 is 0 Å². The highest BCUT2D eigenvalue weighted by molar-refractivity contribution is 5.94. The second-order valence-corrected chi connectivity index (χ2v) is 10.2. The van der Waals surface area contributed by atoms with E-state index in [1.54, 1.807) is 45.0 Å². The topological polar surface area (TPSA) is 157 Å². The molecule has 1 fully saturated rings. The van der Waals surface area contributed by atoms with Crippen LogP contribution in [0.5, 0.6) is 0 Å². The fourth-order valence-electron chi connectivity index (χ4n) is 3.96. The van der Waals surface area contributed by atoms with Gasteiger partial charge < -0.3 is 30.7 Å². The monoisotopic (exact) mass is 528 g/mol. The Hall–Kier alpha value is -4.07. The molecule has 38 heavy (non-hydrogen) atoms. The van der Waals surface area contributed by atoms with E-state index in [4.69, 9.17) is 16.9 Å². The molecule has 4 N–H and O–H groups in total. The van der Waals surface area contributed by atoms with Crippen LogP contribution in [0.2, 0.25) is 0 Å². The van der Waals surface area contributed by atoms with Gasteiger partial charge in [-0.15, -0.1) is 6.42 Å². The number of nitrogens with one attached hydrogen (secondary N) is 2. The largest absolute Gasteiger partial charge is 0.468 e. The standard InChI is InChI=1S/C27H36N4O7/c1-7-17-10-8-9-11-18(17)23(24(34)29-15-22(33)37-6)31(20-14-16(20)2)25(35)19(12-13-21(28)32)30-26(36)38-27(3,4)5/h1,8-11,16,19-20,23H,12-15H2,2-6H3,(H2,28,32)(H,29,34)(H,30,36). The van der Waals surface area contributed by atoms with Crippen molar-refractivity contribution in [2.45, 2.75) is 70.7 Å². The maximum atomic E-state index is 14.1. The summed E-state index contributed by atoms with van der Waals surface area (Å²) in [5.41, 5.74) is 5.24. The second-order valence-electron chi connectivity index (χ2n) is 10.2. The number of esters is 1. The van der Waals surface area contributed by atoms with Crippen LogP contribution in [0.3, 0.4) is 0 Å². The third-order valence-electron chi connectivity index (χ3n) is 5.92. The summed E-state index contributed by atoms with van der Waals surface area (Å²) in [5, 5.41) is 5.05. The molecule has 1 aromatic rings. The van der Waals surface area contributed by atoms with Gasteiger partial charge in [0.1, 0.15) is 24.2 Å². The highest BCUT2D eigenvalue weighted by Crippen LogP contribution is 2.41. The number of hydrogen-bond donors (Lipinski definition) is 3. The summed E-state index contributed by atoms with van der Waals surface area (Å²) in [7, 11) is 1.19. The lowest BCUT2D eigenvalue weighted by Crippen LogP contribution is -2.54. The summed E-state index contributed by atoms with van der Waals surface area (Å²) in [5.74, 6) is -0.0219. The van der Waals surface area contributed by atoms with Crippen molar-refractivity contribution in [2.75, 3.05) is 13.7 Å². The summed E-state index contributed by atoms with van der Waals surface area (Å²) in [6.45, 7) is 6.50. The van der Waals surface area contributed by atoms with Gasteiger partial charge >= 0.3 is 12.1 Å². The summed E-state index contributed by atoms with van der Waals surface area (Å²) < 4.78 is 9.93. The Balaban J connectivity index is 2.54. The zero-order valence-corrected chi connectivity index (χ0v) is 22.4.